The van der Waals surface area contributed by atoms with Crippen molar-refractivity contribution in [3.8, 4) is 5.75 Å². The number of nitrogens with zero attached hydrogens (tertiary/aromatic N) is 1. The first-order chi connectivity index (χ1) is 17.9. The summed E-state index contributed by atoms with van der Waals surface area (Å²) in [5.41, 5.74) is 2.78. The Balaban J connectivity index is 1.92. The molecule has 2 amide bonds. The number of ether oxygens (including phenoxy) is 1. The minimum absolute atomic E-state index is 0.179. The number of unbranched alkanes of at least 4 members (excludes halogenated alkanes) is 1. The summed E-state index contributed by atoms with van der Waals surface area (Å²) in [6.07, 6.45) is 2.23. The Bertz CT molecular complexity index is 1150. The predicted octanol–water partition coefficient (Wildman–Crippen LogP) is 6.40. The van der Waals surface area contributed by atoms with Crippen LogP contribution in [0.15, 0.2) is 78.9 Å². The topological polar surface area (TPSA) is 58.6 Å². The van der Waals surface area contributed by atoms with Crippen LogP contribution in [0.4, 0.5) is 0 Å². The molecule has 1 atom stereocenters. The Hall–Kier alpha value is -3.31. The third-order valence-electron chi connectivity index (χ3n) is 6.29. The van der Waals surface area contributed by atoms with Gasteiger partial charge in [-0.15, -0.1) is 0 Å². The maximum absolute atomic E-state index is 13.8. The van der Waals surface area contributed by atoms with Crippen molar-refractivity contribution in [2.75, 3.05) is 13.2 Å². The number of carbonyl (C=O) groups is 2. The van der Waals surface area contributed by atoms with Gasteiger partial charge in [0.2, 0.25) is 5.91 Å². The molecule has 0 unspecified atom stereocenters. The molecule has 0 saturated carbocycles. The van der Waals surface area contributed by atoms with Gasteiger partial charge in [-0.05, 0) is 41.2 Å². The van der Waals surface area contributed by atoms with Crippen LogP contribution in [0.5, 0.6) is 5.75 Å². The van der Waals surface area contributed by atoms with Crippen LogP contribution in [0.3, 0.4) is 0 Å². The van der Waals surface area contributed by atoms with E-state index in [2.05, 4.69) is 26.1 Å². The standard InChI is InChI=1S/C31H37ClN2O3/c1-4-5-19-33-31(36)28(20-24-13-7-6-8-14-24)34(21-25-15-9-11-17-27(25)32)30(35)22-37-29-18-12-10-16-26(29)23(2)3/h6-18,23,28H,4-5,19-22H2,1-3H3,(H,33,36)/t28-/m0/s1. The molecule has 3 aromatic carbocycles. The Labute approximate surface area is 225 Å². The molecule has 0 radical (unpaired) electrons. The van der Waals surface area contributed by atoms with Crippen molar-refractivity contribution in [2.24, 2.45) is 0 Å². The molecular weight excluding hydrogens is 484 g/mol. The average molecular weight is 521 g/mol. The maximum atomic E-state index is 13.8. The van der Waals surface area contributed by atoms with Gasteiger partial charge >= 0.3 is 0 Å². The van der Waals surface area contributed by atoms with Crippen LogP contribution in [-0.2, 0) is 22.6 Å². The molecule has 196 valence electrons. The number of para-hydroxylation sites is 1. The highest BCUT2D eigenvalue weighted by atomic mass is 35.5. The first-order valence-electron chi connectivity index (χ1n) is 13.0. The highest BCUT2D eigenvalue weighted by Crippen LogP contribution is 2.26. The van der Waals surface area contributed by atoms with Crippen LogP contribution in [0.2, 0.25) is 5.02 Å². The molecule has 0 aliphatic heterocycles. The van der Waals surface area contributed by atoms with Gasteiger partial charge in [-0.3, -0.25) is 9.59 Å². The predicted molar refractivity (Wildman–Crippen MR) is 150 cm³/mol. The first kappa shape index (κ1) is 28.3. The molecule has 0 bridgehead atoms. The number of hydrogen-bond donors (Lipinski definition) is 1. The van der Waals surface area contributed by atoms with Gasteiger partial charge in [0.25, 0.3) is 5.91 Å². The fraction of sp³-hybridized carbons (Fsp3) is 0.355. The summed E-state index contributed by atoms with van der Waals surface area (Å²) < 4.78 is 6.03. The summed E-state index contributed by atoms with van der Waals surface area (Å²) >= 11 is 6.48. The number of halogens is 1. The van der Waals surface area contributed by atoms with Gasteiger partial charge in [-0.25, -0.2) is 0 Å². The minimum atomic E-state index is -0.716. The van der Waals surface area contributed by atoms with Gasteiger partial charge < -0.3 is 15.0 Å². The monoisotopic (exact) mass is 520 g/mol. The second kappa shape index (κ2) is 14.4. The van der Waals surface area contributed by atoms with E-state index in [1.165, 1.54) is 0 Å². The Morgan fingerprint density at radius 3 is 2.32 bits per heavy atom. The zero-order valence-electron chi connectivity index (χ0n) is 22.0. The zero-order chi connectivity index (χ0) is 26.6. The lowest BCUT2D eigenvalue weighted by atomic mass is 10.0. The normalized spacial score (nSPS) is 11.7. The summed E-state index contributed by atoms with van der Waals surface area (Å²) in [4.78, 5) is 28.8. The summed E-state index contributed by atoms with van der Waals surface area (Å²) in [5.74, 6) is 0.474. The Morgan fingerprint density at radius 2 is 1.62 bits per heavy atom. The van der Waals surface area contributed by atoms with E-state index in [-0.39, 0.29) is 30.9 Å². The number of nitrogens with one attached hydrogen (secondary N) is 1. The van der Waals surface area contributed by atoms with E-state index in [0.29, 0.717) is 23.7 Å². The van der Waals surface area contributed by atoms with Crippen LogP contribution in [-0.4, -0.2) is 35.9 Å². The van der Waals surface area contributed by atoms with Crippen LogP contribution in [0.25, 0.3) is 0 Å². The van der Waals surface area contributed by atoms with E-state index in [9.17, 15) is 9.59 Å². The third-order valence-corrected chi connectivity index (χ3v) is 6.66. The first-order valence-corrected chi connectivity index (χ1v) is 13.3. The smallest absolute Gasteiger partial charge is 0.261 e. The lowest BCUT2D eigenvalue weighted by molar-refractivity contribution is -0.142. The molecule has 6 heteroatoms. The highest BCUT2D eigenvalue weighted by Gasteiger charge is 2.31. The molecule has 3 aromatic rings. The van der Waals surface area contributed by atoms with Crippen molar-refractivity contribution in [3.05, 3.63) is 101 Å². The van der Waals surface area contributed by atoms with E-state index in [1.807, 2.05) is 72.8 Å². The van der Waals surface area contributed by atoms with Crippen molar-refractivity contribution in [1.29, 1.82) is 0 Å². The van der Waals surface area contributed by atoms with Crippen molar-refractivity contribution in [3.63, 3.8) is 0 Å². The van der Waals surface area contributed by atoms with Gasteiger partial charge in [0.15, 0.2) is 6.61 Å². The van der Waals surface area contributed by atoms with E-state index in [4.69, 9.17) is 16.3 Å². The second-order valence-electron chi connectivity index (χ2n) is 9.44. The zero-order valence-corrected chi connectivity index (χ0v) is 22.7. The molecule has 37 heavy (non-hydrogen) atoms. The molecule has 0 heterocycles. The summed E-state index contributed by atoms with van der Waals surface area (Å²) in [7, 11) is 0. The minimum Gasteiger partial charge on any atom is -0.483 e. The quantitative estimate of drug-likeness (QED) is 0.265. The highest BCUT2D eigenvalue weighted by molar-refractivity contribution is 6.31. The molecule has 0 aromatic heterocycles. The summed E-state index contributed by atoms with van der Waals surface area (Å²) in [6.45, 7) is 6.84. The number of carbonyl (C=O) groups excluding carboxylic acids is 2. The number of hydrogen-bond acceptors (Lipinski definition) is 3. The molecule has 5 nitrogen and oxygen atoms in total. The van der Waals surface area contributed by atoms with E-state index in [1.54, 1.807) is 11.0 Å². The molecule has 1 N–H and O–H groups in total. The van der Waals surface area contributed by atoms with Crippen molar-refractivity contribution in [2.45, 2.75) is 58.5 Å². The van der Waals surface area contributed by atoms with Crippen molar-refractivity contribution < 1.29 is 14.3 Å². The Kier molecular flexibility index (Phi) is 11.0. The van der Waals surface area contributed by atoms with Crippen LogP contribution >= 0.6 is 11.6 Å². The molecule has 0 aliphatic carbocycles. The summed E-state index contributed by atoms with van der Waals surface area (Å²) in [5, 5.41) is 3.58. The molecule has 3 rings (SSSR count). The van der Waals surface area contributed by atoms with Crippen LogP contribution < -0.4 is 10.1 Å². The van der Waals surface area contributed by atoms with E-state index >= 15 is 0 Å². The van der Waals surface area contributed by atoms with Gasteiger partial charge in [0.1, 0.15) is 11.8 Å². The average Bonchev–Trinajstić information content (AvgIpc) is 2.91. The molecular formula is C31H37ClN2O3. The number of amides is 2. The van der Waals surface area contributed by atoms with Crippen LogP contribution in [0, 0.1) is 0 Å². The third kappa shape index (κ3) is 8.36. The molecule has 0 saturated heterocycles. The lowest BCUT2D eigenvalue weighted by Gasteiger charge is -2.32. The molecule has 0 fully saturated rings. The number of rotatable bonds is 13. The van der Waals surface area contributed by atoms with Gasteiger partial charge in [0, 0.05) is 24.5 Å². The van der Waals surface area contributed by atoms with Crippen LogP contribution in [0.1, 0.15) is 56.2 Å². The maximum Gasteiger partial charge on any atom is 0.261 e. The molecule has 0 spiro atoms. The fourth-order valence-corrected chi connectivity index (χ4v) is 4.38. The Morgan fingerprint density at radius 1 is 0.946 bits per heavy atom. The largest absolute Gasteiger partial charge is 0.483 e. The second-order valence-corrected chi connectivity index (χ2v) is 9.85. The SMILES string of the molecule is CCCCNC(=O)[C@H](Cc1ccccc1)N(Cc1ccccc1Cl)C(=O)COc1ccccc1C(C)C. The summed E-state index contributed by atoms with van der Waals surface area (Å²) in [6, 6.07) is 24.2. The lowest BCUT2D eigenvalue weighted by Crippen LogP contribution is -2.51. The van der Waals surface area contributed by atoms with Crippen molar-refractivity contribution >= 4 is 23.4 Å². The van der Waals surface area contributed by atoms with Gasteiger partial charge in [-0.1, -0.05) is 106 Å². The fourth-order valence-electron chi connectivity index (χ4n) is 4.18. The van der Waals surface area contributed by atoms with Gasteiger partial charge in [0.05, 0.1) is 0 Å². The van der Waals surface area contributed by atoms with E-state index in [0.717, 1.165) is 29.5 Å². The van der Waals surface area contributed by atoms with Gasteiger partial charge in [-0.2, -0.15) is 0 Å². The van der Waals surface area contributed by atoms with Crippen molar-refractivity contribution in [1.82, 2.24) is 10.2 Å². The molecule has 0 aliphatic rings. The number of benzene rings is 3. The van der Waals surface area contributed by atoms with E-state index < -0.39 is 6.04 Å².